The van der Waals surface area contributed by atoms with Crippen LogP contribution in [0.25, 0.3) is 0 Å². The van der Waals surface area contributed by atoms with Crippen LogP contribution in [-0.4, -0.2) is 30.9 Å². The molecule has 0 aliphatic rings. The molecule has 1 rings (SSSR count). The molecule has 94 valence electrons. The van der Waals surface area contributed by atoms with E-state index >= 15 is 0 Å². The van der Waals surface area contributed by atoms with Gasteiger partial charge in [0.1, 0.15) is 0 Å². The summed E-state index contributed by atoms with van der Waals surface area (Å²) in [5, 5.41) is 8.18. The lowest BCUT2D eigenvalue weighted by Gasteiger charge is -2.09. The Labute approximate surface area is 102 Å². The van der Waals surface area contributed by atoms with Crippen molar-refractivity contribution in [2.24, 2.45) is 0 Å². The molecule has 1 aromatic heterocycles. The molecule has 0 bridgehead atoms. The molecule has 0 aliphatic heterocycles. The molecule has 0 aromatic carbocycles. The van der Waals surface area contributed by atoms with Crippen LogP contribution in [0.3, 0.4) is 0 Å². The second-order valence-corrected chi connectivity index (χ2v) is 5.70. The van der Waals surface area contributed by atoms with Crippen LogP contribution >= 0.6 is 0 Å². The average molecular weight is 257 g/mol. The number of aryl methyl sites for hydroxylation is 1. The molecular weight excluding hydrogens is 242 g/mol. The minimum atomic E-state index is -1.23. The van der Waals surface area contributed by atoms with E-state index in [0.717, 1.165) is 0 Å². The van der Waals surface area contributed by atoms with Crippen molar-refractivity contribution in [2.45, 2.75) is 25.1 Å². The minimum Gasteiger partial charge on any atom is -0.481 e. The summed E-state index contributed by atoms with van der Waals surface area (Å²) >= 11 is 0. The lowest BCUT2D eigenvalue weighted by Crippen LogP contribution is -2.24. The van der Waals surface area contributed by atoms with Crippen LogP contribution in [0.2, 0.25) is 0 Å². The zero-order chi connectivity index (χ0) is 12.8. The fraction of sp³-hybridized carbons (Fsp3) is 0.455. The van der Waals surface area contributed by atoms with E-state index in [-0.39, 0.29) is 12.0 Å². The molecule has 0 saturated carbocycles. The number of carbonyl (C=O) groups is 1. The van der Waals surface area contributed by atoms with Crippen molar-refractivity contribution >= 4 is 16.8 Å². The molecule has 6 heteroatoms. The number of aromatic nitrogens is 1. The Morgan fingerprint density at radius 2 is 2.24 bits per heavy atom. The zero-order valence-electron chi connectivity index (χ0n) is 9.54. The first-order chi connectivity index (χ1) is 8.00. The van der Waals surface area contributed by atoms with Crippen LogP contribution in [0.5, 0.6) is 0 Å². The number of hydrogen-bond acceptors (Lipinski definition) is 3. The third kappa shape index (κ3) is 4.52. The number of nitrogens with zero attached hydrogens (tertiary/aromatic N) is 1. The fourth-order valence-electron chi connectivity index (χ4n) is 1.37. The van der Waals surface area contributed by atoms with Gasteiger partial charge in [-0.15, -0.1) is 0 Å². The van der Waals surface area contributed by atoms with E-state index in [1.807, 2.05) is 0 Å². The lowest BCUT2D eigenvalue weighted by molar-refractivity contribution is -0.136. The Morgan fingerprint density at radius 1 is 1.53 bits per heavy atom. The second-order valence-electron chi connectivity index (χ2n) is 3.73. The van der Waals surface area contributed by atoms with Crippen molar-refractivity contribution in [2.75, 3.05) is 5.75 Å². The summed E-state index contributed by atoms with van der Waals surface area (Å²) in [6.45, 7) is 1.98. The lowest BCUT2D eigenvalue weighted by atomic mass is 10.3. The van der Waals surface area contributed by atoms with Crippen LogP contribution in [0, 0.1) is 0 Å². The van der Waals surface area contributed by atoms with Gasteiger partial charge in [0.05, 0.1) is 6.42 Å². The van der Waals surface area contributed by atoms with E-state index in [9.17, 15) is 13.8 Å². The predicted molar refractivity (Wildman–Crippen MR) is 65.4 cm³/mol. The normalized spacial score (nSPS) is 14.2. The molecule has 0 aliphatic carbocycles. The van der Waals surface area contributed by atoms with Gasteiger partial charge >= 0.3 is 5.97 Å². The summed E-state index contributed by atoms with van der Waals surface area (Å²) in [4.78, 5) is 21.8. The van der Waals surface area contributed by atoms with Gasteiger partial charge in [-0.05, 0) is 6.07 Å². The van der Waals surface area contributed by atoms with Gasteiger partial charge in [-0.25, -0.2) is 0 Å². The maximum atomic E-state index is 11.7. The molecular formula is C11H15NO4S. The van der Waals surface area contributed by atoms with Crippen molar-refractivity contribution in [3.8, 4) is 0 Å². The van der Waals surface area contributed by atoms with Crippen molar-refractivity contribution in [1.82, 2.24) is 4.57 Å². The topological polar surface area (TPSA) is 76.4 Å². The van der Waals surface area contributed by atoms with Crippen LogP contribution in [0.15, 0.2) is 29.2 Å². The summed E-state index contributed by atoms with van der Waals surface area (Å²) in [6, 6.07) is 4.80. The Morgan fingerprint density at radius 3 is 2.82 bits per heavy atom. The highest BCUT2D eigenvalue weighted by Gasteiger charge is 2.14. The van der Waals surface area contributed by atoms with Gasteiger partial charge in [0.25, 0.3) is 5.56 Å². The van der Waals surface area contributed by atoms with E-state index in [0.29, 0.717) is 12.3 Å². The summed E-state index contributed by atoms with van der Waals surface area (Å²) < 4.78 is 13.2. The summed E-state index contributed by atoms with van der Waals surface area (Å²) in [5.74, 6) is -0.666. The molecule has 1 N–H and O–H groups in total. The monoisotopic (exact) mass is 257 g/mol. The molecule has 0 spiro atoms. The highest BCUT2D eigenvalue weighted by Crippen LogP contribution is 2.02. The quantitative estimate of drug-likeness (QED) is 0.803. The zero-order valence-corrected chi connectivity index (χ0v) is 10.4. The molecule has 0 radical (unpaired) electrons. The molecule has 17 heavy (non-hydrogen) atoms. The van der Waals surface area contributed by atoms with Crippen molar-refractivity contribution in [1.29, 1.82) is 0 Å². The largest absolute Gasteiger partial charge is 0.481 e. The minimum absolute atomic E-state index is 0.115. The van der Waals surface area contributed by atoms with E-state index in [1.165, 1.54) is 10.6 Å². The van der Waals surface area contributed by atoms with Gasteiger partial charge < -0.3 is 9.67 Å². The Balaban J connectivity index is 2.51. The van der Waals surface area contributed by atoms with Gasteiger partial charge in [0.15, 0.2) is 0 Å². The number of pyridine rings is 1. The first-order valence-electron chi connectivity index (χ1n) is 5.25. The van der Waals surface area contributed by atoms with Gasteiger partial charge in [-0.3, -0.25) is 13.8 Å². The van der Waals surface area contributed by atoms with E-state index in [4.69, 9.17) is 5.11 Å². The first kappa shape index (κ1) is 13.6. The van der Waals surface area contributed by atoms with E-state index in [2.05, 4.69) is 0 Å². The fourth-order valence-corrected chi connectivity index (χ4v) is 2.48. The molecule has 1 aromatic rings. The Hall–Kier alpha value is -1.43. The highest BCUT2D eigenvalue weighted by atomic mass is 32.2. The number of carboxylic acid groups (broad SMARTS) is 1. The first-order valence-corrected chi connectivity index (χ1v) is 6.63. The van der Waals surface area contributed by atoms with Crippen LogP contribution < -0.4 is 5.56 Å². The van der Waals surface area contributed by atoms with Gasteiger partial charge in [0, 0.05) is 40.6 Å². The van der Waals surface area contributed by atoms with Crippen molar-refractivity contribution in [3.63, 3.8) is 0 Å². The SMILES string of the molecule is CC(CC(=O)O)S(=O)CCn1ccccc1=O. The third-order valence-electron chi connectivity index (χ3n) is 2.34. The average Bonchev–Trinajstić information content (AvgIpc) is 2.26. The number of carboxylic acids is 1. The molecule has 2 atom stereocenters. The molecule has 5 nitrogen and oxygen atoms in total. The third-order valence-corrected chi connectivity index (χ3v) is 3.99. The maximum absolute atomic E-state index is 11.7. The van der Waals surface area contributed by atoms with Crippen LogP contribution in [-0.2, 0) is 22.1 Å². The van der Waals surface area contributed by atoms with Gasteiger partial charge in [0.2, 0.25) is 0 Å². The molecule has 0 saturated heterocycles. The summed E-state index contributed by atoms with van der Waals surface area (Å²) in [6.07, 6.45) is 1.51. The Bertz CT molecular complexity index is 469. The van der Waals surface area contributed by atoms with E-state index in [1.54, 1.807) is 25.3 Å². The van der Waals surface area contributed by atoms with Crippen LogP contribution in [0.4, 0.5) is 0 Å². The number of hydrogen-bond donors (Lipinski definition) is 1. The van der Waals surface area contributed by atoms with Crippen LogP contribution in [0.1, 0.15) is 13.3 Å². The summed E-state index contributed by atoms with van der Waals surface area (Å²) in [7, 11) is -1.23. The molecule has 0 fully saturated rings. The number of aliphatic carboxylic acids is 1. The molecule has 2 unspecified atom stereocenters. The van der Waals surface area contributed by atoms with E-state index < -0.39 is 22.0 Å². The summed E-state index contributed by atoms with van der Waals surface area (Å²) in [5.41, 5.74) is -0.143. The Kier molecular flexibility index (Phi) is 5.09. The molecule has 0 amide bonds. The van der Waals surface area contributed by atoms with Crippen molar-refractivity contribution in [3.05, 3.63) is 34.7 Å². The maximum Gasteiger partial charge on any atom is 0.304 e. The highest BCUT2D eigenvalue weighted by molar-refractivity contribution is 7.85. The van der Waals surface area contributed by atoms with Gasteiger partial charge in [-0.1, -0.05) is 13.0 Å². The van der Waals surface area contributed by atoms with Gasteiger partial charge in [-0.2, -0.15) is 0 Å². The predicted octanol–water partition coefficient (Wildman–Crippen LogP) is 0.460. The smallest absolute Gasteiger partial charge is 0.304 e. The van der Waals surface area contributed by atoms with Crippen molar-refractivity contribution < 1.29 is 14.1 Å². The molecule has 1 heterocycles. The second kappa shape index (κ2) is 6.34. The standard InChI is InChI=1S/C11H15NO4S/c1-9(8-11(14)15)17(16)7-6-12-5-3-2-4-10(12)13/h2-5,9H,6-8H2,1H3,(H,14,15). The number of rotatable bonds is 6.